The van der Waals surface area contributed by atoms with Gasteiger partial charge in [-0.3, -0.25) is 9.59 Å². The lowest BCUT2D eigenvalue weighted by Crippen LogP contribution is -2.29. The lowest BCUT2D eigenvalue weighted by atomic mass is 10.0. The lowest BCUT2D eigenvalue weighted by molar-refractivity contribution is -0.123. The summed E-state index contributed by atoms with van der Waals surface area (Å²) in [5.74, 6) is -0.717. The third-order valence-electron chi connectivity index (χ3n) is 3.70. The zero-order chi connectivity index (χ0) is 18.9. The number of hydrogen-bond donors (Lipinski definition) is 3. The summed E-state index contributed by atoms with van der Waals surface area (Å²) < 4.78 is 26.3. The Morgan fingerprint density at radius 3 is 2.40 bits per heavy atom. The average Bonchev–Trinajstić information content (AvgIpc) is 2.80. The Hall–Kier alpha value is -2.29. The van der Waals surface area contributed by atoms with E-state index in [0.29, 0.717) is 0 Å². The van der Waals surface area contributed by atoms with Gasteiger partial charge in [0.2, 0.25) is 0 Å². The second-order valence-electron chi connectivity index (χ2n) is 5.63. The molecule has 0 aromatic heterocycles. The number of anilines is 1. The van der Waals surface area contributed by atoms with Crippen LogP contribution in [0.2, 0.25) is 0 Å². The molecular weight excluding hydrogens is 348 g/mol. The molecule has 1 aliphatic heterocycles. The highest BCUT2D eigenvalue weighted by Crippen LogP contribution is 2.31. The summed E-state index contributed by atoms with van der Waals surface area (Å²) in [7, 11) is -3.88. The van der Waals surface area contributed by atoms with Gasteiger partial charge in [-0.15, -0.1) is 0 Å². The van der Waals surface area contributed by atoms with Crippen LogP contribution in [0.5, 0.6) is 5.75 Å². The van der Waals surface area contributed by atoms with E-state index in [2.05, 4.69) is 6.92 Å². The van der Waals surface area contributed by atoms with Gasteiger partial charge in [-0.25, -0.2) is 9.03 Å². The van der Waals surface area contributed by atoms with Crippen LogP contribution in [0.4, 0.5) is 5.69 Å². The topological polar surface area (TPSA) is 124 Å². The number of carboxylic acid groups (broad SMARTS) is 1. The van der Waals surface area contributed by atoms with Crippen LogP contribution in [0, 0.1) is 0 Å². The van der Waals surface area contributed by atoms with E-state index < -0.39 is 16.1 Å². The number of nitrogens with zero attached hydrogens (tertiary/aromatic N) is 1. The molecule has 0 spiro atoms. The van der Waals surface area contributed by atoms with Crippen molar-refractivity contribution in [1.82, 2.24) is 4.72 Å². The van der Waals surface area contributed by atoms with Crippen LogP contribution in [0.15, 0.2) is 18.2 Å². The summed E-state index contributed by atoms with van der Waals surface area (Å²) in [6.45, 7) is 1.62. The molecule has 0 saturated carbocycles. The number of aromatic hydroxyl groups is 1. The van der Waals surface area contributed by atoms with Crippen LogP contribution < -0.4 is 9.03 Å². The molecule has 3 N–H and O–H groups in total. The Labute approximate surface area is 147 Å². The molecule has 1 aromatic carbocycles. The minimum absolute atomic E-state index is 0.119. The predicted octanol–water partition coefficient (Wildman–Crippen LogP) is 1.79. The van der Waals surface area contributed by atoms with Crippen LogP contribution >= 0.6 is 0 Å². The highest BCUT2D eigenvalue weighted by molar-refractivity contribution is 7.92. The summed E-state index contributed by atoms with van der Waals surface area (Å²) >= 11 is 0. The van der Waals surface area contributed by atoms with E-state index in [-0.39, 0.29) is 24.5 Å². The van der Waals surface area contributed by atoms with E-state index in [9.17, 15) is 18.3 Å². The number of phenols is 1. The quantitative estimate of drug-likeness (QED) is 0.495. The van der Waals surface area contributed by atoms with E-state index in [1.54, 1.807) is 18.2 Å². The fourth-order valence-electron chi connectivity index (χ4n) is 2.53. The summed E-state index contributed by atoms with van der Waals surface area (Å²) in [4.78, 5) is 19.6. The Balaban J connectivity index is 0.000000970. The van der Waals surface area contributed by atoms with E-state index >= 15 is 0 Å². The Kier molecular flexibility index (Phi) is 8.20. The number of carbonyl (C=O) groups excluding carboxylic acids is 1. The molecular formula is C16H24N2O6S. The van der Waals surface area contributed by atoms with Crippen molar-refractivity contribution in [2.45, 2.75) is 45.4 Å². The number of unbranched alkanes of at least 4 members (excludes halogenated alkanes) is 4. The van der Waals surface area contributed by atoms with E-state index in [0.717, 1.165) is 29.1 Å². The summed E-state index contributed by atoms with van der Waals surface area (Å²) in [5.41, 5.74) is 1.10. The van der Waals surface area contributed by atoms with E-state index in [4.69, 9.17) is 9.90 Å². The minimum atomic E-state index is -3.88. The van der Waals surface area contributed by atoms with Gasteiger partial charge in [-0.1, -0.05) is 38.7 Å². The maximum Gasteiger partial charge on any atom is 0.326 e. The molecule has 1 heterocycles. The van der Waals surface area contributed by atoms with Gasteiger partial charge in [0.1, 0.15) is 12.3 Å². The minimum Gasteiger partial charge on any atom is -0.506 e. The molecule has 1 fully saturated rings. The molecule has 1 amide bonds. The molecule has 1 aromatic rings. The highest BCUT2D eigenvalue weighted by Gasteiger charge is 2.35. The van der Waals surface area contributed by atoms with Crippen molar-refractivity contribution in [2.24, 2.45) is 0 Å². The molecule has 140 valence electrons. The summed E-state index contributed by atoms with van der Waals surface area (Å²) in [6, 6.07) is 4.93. The van der Waals surface area contributed by atoms with Gasteiger partial charge in [-0.05, 0) is 30.5 Å². The Morgan fingerprint density at radius 2 is 1.88 bits per heavy atom. The van der Waals surface area contributed by atoms with Crippen molar-refractivity contribution in [2.75, 3.05) is 10.8 Å². The first-order chi connectivity index (χ1) is 11.9. The van der Waals surface area contributed by atoms with Gasteiger partial charge in [0, 0.05) is 0 Å². The van der Waals surface area contributed by atoms with Gasteiger partial charge in [0.25, 0.3) is 12.4 Å². The molecule has 0 radical (unpaired) electrons. The first-order valence-corrected chi connectivity index (χ1v) is 9.52. The van der Waals surface area contributed by atoms with Gasteiger partial charge in [-0.2, -0.15) is 8.42 Å². The third-order valence-corrected chi connectivity index (χ3v) is 5.09. The second kappa shape index (κ2) is 9.87. The fourth-order valence-corrected chi connectivity index (χ4v) is 3.69. The van der Waals surface area contributed by atoms with E-state index in [1.807, 2.05) is 4.72 Å². The number of benzene rings is 1. The smallest absolute Gasteiger partial charge is 0.326 e. The Morgan fingerprint density at radius 1 is 1.24 bits per heavy atom. The van der Waals surface area contributed by atoms with Crippen LogP contribution in [-0.2, 0) is 26.2 Å². The zero-order valence-electron chi connectivity index (χ0n) is 14.1. The molecule has 1 saturated heterocycles. The first kappa shape index (κ1) is 20.8. The second-order valence-corrected chi connectivity index (χ2v) is 7.22. The van der Waals surface area contributed by atoms with Crippen LogP contribution in [0.1, 0.15) is 44.6 Å². The first-order valence-electron chi connectivity index (χ1n) is 8.08. The van der Waals surface area contributed by atoms with E-state index in [1.165, 1.54) is 19.3 Å². The lowest BCUT2D eigenvalue weighted by Gasteiger charge is -2.16. The molecule has 9 heteroatoms. The van der Waals surface area contributed by atoms with Gasteiger partial charge >= 0.3 is 10.2 Å². The van der Waals surface area contributed by atoms with Crippen LogP contribution in [0.25, 0.3) is 0 Å². The number of phenolic OH excluding ortho intramolecular Hbond substituents is 1. The predicted molar refractivity (Wildman–Crippen MR) is 93.7 cm³/mol. The largest absolute Gasteiger partial charge is 0.506 e. The number of nitrogens with one attached hydrogen (secondary N) is 1. The molecule has 8 nitrogen and oxygen atoms in total. The van der Waals surface area contributed by atoms with Gasteiger partial charge < -0.3 is 10.2 Å². The molecule has 0 atom stereocenters. The molecule has 0 unspecified atom stereocenters. The molecule has 1 aliphatic rings. The third kappa shape index (κ3) is 6.26. The molecule has 2 rings (SSSR count). The average molecular weight is 372 g/mol. The maximum atomic E-state index is 11.8. The summed E-state index contributed by atoms with van der Waals surface area (Å²) in [6.07, 6.45) is 6.68. The highest BCUT2D eigenvalue weighted by atomic mass is 32.2. The van der Waals surface area contributed by atoms with Crippen LogP contribution in [-0.4, -0.2) is 37.6 Å². The number of amides is 1. The van der Waals surface area contributed by atoms with Crippen LogP contribution in [0.3, 0.4) is 0 Å². The SMILES string of the molecule is CCCCCCCc1ccc(N2CC(=O)NS2(=O)=O)c(O)c1.O=CO. The number of hydrogen-bond acceptors (Lipinski definition) is 5. The zero-order valence-corrected chi connectivity index (χ0v) is 15.0. The van der Waals surface area contributed by atoms with Gasteiger partial charge in [0.05, 0.1) is 5.69 Å². The normalized spacial score (nSPS) is 15.2. The van der Waals surface area contributed by atoms with Gasteiger partial charge in [0.15, 0.2) is 0 Å². The summed E-state index contributed by atoms with van der Waals surface area (Å²) in [5, 5.41) is 17.0. The number of carbonyl (C=O) groups is 2. The van der Waals surface area contributed by atoms with Crippen molar-refractivity contribution in [3.05, 3.63) is 23.8 Å². The van der Waals surface area contributed by atoms with Crippen molar-refractivity contribution in [1.29, 1.82) is 0 Å². The molecule has 0 bridgehead atoms. The molecule has 25 heavy (non-hydrogen) atoms. The van der Waals surface area contributed by atoms with Crippen molar-refractivity contribution in [3.8, 4) is 5.75 Å². The van der Waals surface area contributed by atoms with Crippen molar-refractivity contribution < 1.29 is 28.2 Å². The fraction of sp³-hybridized carbons (Fsp3) is 0.500. The monoisotopic (exact) mass is 372 g/mol. The maximum absolute atomic E-state index is 11.8. The standard InChI is InChI=1S/C15H22N2O4S.CH2O2/c1-2-3-4-5-6-7-12-8-9-13(14(18)10-12)17-11-15(19)16-22(17,20)21;2-1-3/h8-10,18H,2-7,11H2,1H3,(H,16,19);1H,(H,2,3). The Bertz CT molecular complexity index is 690. The number of aryl methyl sites for hydroxylation is 1. The molecule has 0 aliphatic carbocycles. The van der Waals surface area contributed by atoms with Crippen molar-refractivity contribution >= 4 is 28.3 Å². The van der Waals surface area contributed by atoms with Crippen molar-refractivity contribution in [3.63, 3.8) is 0 Å². The number of rotatable bonds is 7.